The van der Waals surface area contributed by atoms with Crippen molar-refractivity contribution in [2.24, 2.45) is 0 Å². The standard InChI is InChI=1S/C27H34N6O3/c1-20-4-9-24(26(34)29-12-3-14-32-17-13-28-19-32)25(31-20)22-10-15-33(16-11-22)27(35)30-18-21-5-7-23(36-2)8-6-21/h4-9,13,17,19,22H,3,10-12,14-16,18H2,1-2H3,(H,29,34)(H,30,35). The third kappa shape index (κ3) is 6.62. The number of ether oxygens (including phenoxy) is 1. The van der Waals surface area contributed by atoms with Gasteiger partial charge in [0.05, 0.1) is 24.7 Å². The molecule has 1 saturated heterocycles. The zero-order valence-electron chi connectivity index (χ0n) is 20.9. The molecule has 4 rings (SSSR count). The number of aryl methyl sites for hydroxylation is 2. The molecule has 0 spiro atoms. The first kappa shape index (κ1) is 25.2. The number of benzene rings is 1. The minimum absolute atomic E-state index is 0.0719. The van der Waals surface area contributed by atoms with Crippen molar-refractivity contribution in [1.82, 2.24) is 30.1 Å². The van der Waals surface area contributed by atoms with E-state index < -0.39 is 0 Å². The molecule has 3 aromatic rings. The van der Waals surface area contributed by atoms with Gasteiger partial charge in [-0.1, -0.05) is 12.1 Å². The number of piperidine rings is 1. The monoisotopic (exact) mass is 490 g/mol. The quantitative estimate of drug-likeness (QED) is 0.447. The minimum atomic E-state index is -0.0946. The van der Waals surface area contributed by atoms with Gasteiger partial charge in [0.15, 0.2) is 0 Å². The lowest BCUT2D eigenvalue weighted by Gasteiger charge is -2.32. The molecule has 2 N–H and O–H groups in total. The molecule has 1 aliphatic heterocycles. The highest BCUT2D eigenvalue weighted by Gasteiger charge is 2.27. The van der Waals surface area contributed by atoms with E-state index in [9.17, 15) is 9.59 Å². The summed E-state index contributed by atoms with van der Waals surface area (Å²) in [6, 6.07) is 11.3. The van der Waals surface area contributed by atoms with Gasteiger partial charge in [-0.05, 0) is 56.0 Å². The van der Waals surface area contributed by atoms with Gasteiger partial charge >= 0.3 is 6.03 Å². The summed E-state index contributed by atoms with van der Waals surface area (Å²) in [5.74, 6) is 0.837. The van der Waals surface area contributed by atoms with Crippen LogP contribution < -0.4 is 15.4 Å². The van der Waals surface area contributed by atoms with Crippen LogP contribution in [-0.4, -0.2) is 58.1 Å². The summed E-state index contributed by atoms with van der Waals surface area (Å²) in [6.07, 6.45) is 7.80. The van der Waals surface area contributed by atoms with E-state index in [4.69, 9.17) is 9.72 Å². The Morgan fingerprint density at radius 1 is 1.08 bits per heavy atom. The van der Waals surface area contributed by atoms with Gasteiger partial charge in [-0.15, -0.1) is 0 Å². The summed E-state index contributed by atoms with van der Waals surface area (Å²) in [7, 11) is 1.63. The summed E-state index contributed by atoms with van der Waals surface area (Å²) in [4.78, 5) is 36.3. The zero-order chi connectivity index (χ0) is 25.3. The predicted molar refractivity (Wildman–Crippen MR) is 137 cm³/mol. The van der Waals surface area contributed by atoms with Gasteiger partial charge in [0.2, 0.25) is 0 Å². The summed E-state index contributed by atoms with van der Waals surface area (Å²) in [5, 5.41) is 6.03. The van der Waals surface area contributed by atoms with Gasteiger partial charge in [-0.3, -0.25) is 9.78 Å². The highest BCUT2D eigenvalue weighted by atomic mass is 16.5. The molecule has 36 heavy (non-hydrogen) atoms. The Bertz CT molecular complexity index is 1140. The number of carbonyl (C=O) groups excluding carboxylic acids is 2. The molecule has 190 valence electrons. The van der Waals surface area contributed by atoms with Crippen molar-refractivity contribution < 1.29 is 14.3 Å². The maximum Gasteiger partial charge on any atom is 0.317 e. The van der Waals surface area contributed by atoms with Crippen LogP contribution in [0.15, 0.2) is 55.1 Å². The van der Waals surface area contributed by atoms with Crippen LogP contribution in [0, 0.1) is 6.92 Å². The van der Waals surface area contributed by atoms with Crippen LogP contribution in [0.4, 0.5) is 4.79 Å². The zero-order valence-corrected chi connectivity index (χ0v) is 20.9. The second-order valence-electron chi connectivity index (χ2n) is 9.06. The first-order chi connectivity index (χ1) is 17.5. The average Bonchev–Trinajstić information content (AvgIpc) is 3.43. The molecule has 0 unspecified atom stereocenters. The van der Waals surface area contributed by atoms with E-state index >= 15 is 0 Å². The Kier molecular flexibility index (Phi) is 8.54. The largest absolute Gasteiger partial charge is 0.497 e. The molecule has 3 heterocycles. The van der Waals surface area contributed by atoms with Crippen LogP contribution in [0.3, 0.4) is 0 Å². The molecule has 0 bridgehead atoms. The maximum absolute atomic E-state index is 13.0. The number of carbonyl (C=O) groups is 2. The molecule has 0 aliphatic carbocycles. The number of imidazole rings is 1. The second kappa shape index (κ2) is 12.2. The summed E-state index contributed by atoms with van der Waals surface area (Å²) in [5.41, 5.74) is 3.37. The van der Waals surface area contributed by atoms with E-state index in [1.54, 1.807) is 19.6 Å². The highest BCUT2D eigenvalue weighted by molar-refractivity contribution is 5.95. The Morgan fingerprint density at radius 2 is 1.86 bits per heavy atom. The van der Waals surface area contributed by atoms with Crippen molar-refractivity contribution in [2.45, 2.75) is 45.2 Å². The third-order valence-corrected chi connectivity index (χ3v) is 6.52. The van der Waals surface area contributed by atoms with E-state index in [1.807, 2.05) is 59.0 Å². The fourth-order valence-electron chi connectivity index (χ4n) is 4.45. The number of aromatic nitrogens is 3. The lowest BCUT2D eigenvalue weighted by molar-refractivity contribution is 0.0949. The topological polar surface area (TPSA) is 101 Å². The van der Waals surface area contributed by atoms with Crippen LogP contribution in [0.2, 0.25) is 0 Å². The average molecular weight is 491 g/mol. The van der Waals surface area contributed by atoms with Gasteiger partial charge in [-0.2, -0.15) is 0 Å². The first-order valence-corrected chi connectivity index (χ1v) is 12.4. The number of hydrogen-bond donors (Lipinski definition) is 2. The van der Waals surface area contributed by atoms with Gasteiger partial charge in [0, 0.05) is 56.7 Å². The van der Waals surface area contributed by atoms with Gasteiger partial charge < -0.3 is 24.8 Å². The third-order valence-electron chi connectivity index (χ3n) is 6.52. The Hall–Kier alpha value is -3.88. The van der Waals surface area contributed by atoms with Crippen molar-refractivity contribution in [3.8, 4) is 5.75 Å². The van der Waals surface area contributed by atoms with Crippen molar-refractivity contribution in [1.29, 1.82) is 0 Å². The second-order valence-corrected chi connectivity index (χ2v) is 9.06. The number of urea groups is 1. The summed E-state index contributed by atoms with van der Waals surface area (Å²) >= 11 is 0. The molecule has 0 radical (unpaired) electrons. The van der Waals surface area contributed by atoms with E-state index in [2.05, 4.69) is 15.6 Å². The summed E-state index contributed by atoms with van der Waals surface area (Å²) < 4.78 is 7.17. The number of rotatable bonds is 9. The SMILES string of the molecule is COc1ccc(CNC(=O)N2CCC(c3nc(C)ccc3C(=O)NCCCn3ccnc3)CC2)cc1. The van der Waals surface area contributed by atoms with E-state index in [1.165, 1.54) is 0 Å². The number of nitrogens with one attached hydrogen (secondary N) is 2. The van der Waals surface area contributed by atoms with Crippen LogP contribution in [0.1, 0.15) is 52.5 Å². The summed E-state index contributed by atoms with van der Waals surface area (Å²) in [6.45, 7) is 5.04. The van der Waals surface area contributed by atoms with Crippen molar-refractivity contribution in [2.75, 3.05) is 26.7 Å². The Balaban J connectivity index is 1.28. The van der Waals surface area contributed by atoms with E-state index in [0.29, 0.717) is 31.7 Å². The molecule has 3 amide bonds. The smallest absolute Gasteiger partial charge is 0.317 e. The van der Waals surface area contributed by atoms with E-state index in [0.717, 1.165) is 48.5 Å². The highest BCUT2D eigenvalue weighted by Crippen LogP contribution is 2.29. The lowest BCUT2D eigenvalue weighted by atomic mass is 9.90. The molecular weight excluding hydrogens is 456 g/mol. The van der Waals surface area contributed by atoms with Gasteiger partial charge in [0.1, 0.15) is 5.75 Å². The van der Waals surface area contributed by atoms with Crippen molar-refractivity contribution >= 4 is 11.9 Å². The molecule has 1 fully saturated rings. The minimum Gasteiger partial charge on any atom is -0.497 e. The first-order valence-electron chi connectivity index (χ1n) is 12.4. The fourth-order valence-corrected chi connectivity index (χ4v) is 4.45. The van der Waals surface area contributed by atoms with Crippen molar-refractivity contribution in [3.05, 3.63) is 77.6 Å². The molecule has 1 aliphatic rings. The van der Waals surface area contributed by atoms with E-state index in [-0.39, 0.29) is 17.9 Å². The number of hydrogen-bond acceptors (Lipinski definition) is 5. The Labute approximate surface area is 211 Å². The van der Waals surface area contributed by atoms with Gasteiger partial charge in [-0.25, -0.2) is 9.78 Å². The predicted octanol–water partition coefficient (Wildman–Crippen LogP) is 3.50. The lowest BCUT2D eigenvalue weighted by Crippen LogP contribution is -2.44. The molecule has 9 nitrogen and oxygen atoms in total. The van der Waals surface area contributed by atoms with Crippen molar-refractivity contribution in [3.63, 3.8) is 0 Å². The van der Waals surface area contributed by atoms with Crippen LogP contribution in [0.5, 0.6) is 5.75 Å². The Morgan fingerprint density at radius 3 is 2.56 bits per heavy atom. The number of amides is 3. The number of nitrogens with zero attached hydrogens (tertiary/aromatic N) is 4. The molecule has 9 heteroatoms. The van der Waals surface area contributed by atoms with Crippen LogP contribution in [0.25, 0.3) is 0 Å². The number of pyridine rings is 1. The van der Waals surface area contributed by atoms with Gasteiger partial charge in [0.25, 0.3) is 5.91 Å². The molecule has 1 aromatic carbocycles. The molecule has 2 aromatic heterocycles. The number of likely N-dealkylation sites (tertiary alicyclic amines) is 1. The molecular formula is C27H34N6O3. The van der Waals surface area contributed by atoms with Crippen LogP contribution in [-0.2, 0) is 13.1 Å². The molecule has 0 saturated carbocycles. The fraction of sp³-hybridized carbons (Fsp3) is 0.407. The maximum atomic E-state index is 13.0. The normalized spacial score (nSPS) is 13.9. The van der Waals surface area contributed by atoms with Crippen LogP contribution >= 0.6 is 0 Å². The number of methoxy groups -OCH3 is 1. The molecule has 0 atom stereocenters.